The van der Waals surface area contributed by atoms with Crippen molar-refractivity contribution in [3.8, 4) is 0 Å². The Morgan fingerprint density at radius 2 is 2.25 bits per heavy atom. The summed E-state index contributed by atoms with van der Waals surface area (Å²) in [6.07, 6.45) is 2.73. The second kappa shape index (κ2) is 3.37. The van der Waals surface area contributed by atoms with Crippen molar-refractivity contribution in [2.45, 2.75) is 23.0 Å². The third-order valence-electron chi connectivity index (χ3n) is 1.83. The third-order valence-corrected chi connectivity index (χ3v) is 3.16. The van der Waals surface area contributed by atoms with Crippen LogP contribution in [0.15, 0.2) is 29.2 Å². The van der Waals surface area contributed by atoms with Gasteiger partial charge in [0.2, 0.25) is 0 Å². The highest BCUT2D eigenvalue weighted by Crippen LogP contribution is 2.39. The summed E-state index contributed by atoms with van der Waals surface area (Å²) in [6, 6.07) is 8.21. The van der Waals surface area contributed by atoms with Gasteiger partial charge in [-0.3, -0.25) is 5.84 Å². The van der Waals surface area contributed by atoms with Crippen LogP contribution in [0.5, 0.6) is 0 Å². The molecule has 0 amide bonds. The van der Waals surface area contributed by atoms with Crippen molar-refractivity contribution in [3.63, 3.8) is 0 Å². The molecule has 0 heterocycles. The molecule has 1 aliphatic rings. The van der Waals surface area contributed by atoms with Crippen LogP contribution >= 0.6 is 11.8 Å². The molecule has 0 aliphatic heterocycles. The van der Waals surface area contributed by atoms with Gasteiger partial charge in [0.1, 0.15) is 0 Å². The standard InChI is InChI=1S/C9H12N2S/c10-11-7-2-1-3-9(6-7)12-8-4-5-8/h1-3,6,8,11H,4-5,10H2. The van der Waals surface area contributed by atoms with E-state index in [2.05, 4.69) is 17.6 Å². The quantitative estimate of drug-likeness (QED) is 0.553. The maximum Gasteiger partial charge on any atom is 0.0496 e. The van der Waals surface area contributed by atoms with Crippen molar-refractivity contribution in [2.75, 3.05) is 5.43 Å². The van der Waals surface area contributed by atoms with Crippen LogP contribution in [0, 0.1) is 0 Å². The number of nitrogen functional groups attached to an aromatic ring is 1. The first-order chi connectivity index (χ1) is 5.88. The fourth-order valence-corrected chi connectivity index (χ4v) is 2.15. The Morgan fingerprint density at radius 1 is 1.42 bits per heavy atom. The van der Waals surface area contributed by atoms with Crippen LogP contribution in [-0.2, 0) is 0 Å². The first kappa shape index (κ1) is 7.95. The lowest BCUT2D eigenvalue weighted by Crippen LogP contribution is -2.06. The van der Waals surface area contributed by atoms with E-state index in [1.54, 1.807) is 0 Å². The number of hydrogen-bond acceptors (Lipinski definition) is 3. The van der Waals surface area contributed by atoms with Crippen molar-refractivity contribution in [3.05, 3.63) is 24.3 Å². The Morgan fingerprint density at radius 3 is 2.92 bits per heavy atom. The molecular formula is C9H12N2S. The van der Waals surface area contributed by atoms with Crippen molar-refractivity contribution in [1.29, 1.82) is 0 Å². The number of thioether (sulfide) groups is 1. The molecule has 3 N–H and O–H groups in total. The van der Waals surface area contributed by atoms with E-state index in [-0.39, 0.29) is 0 Å². The molecular weight excluding hydrogens is 168 g/mol. The van der Waals surface area contributed by atoms with E-state index in [0.29, 0.717) is 0 Å². The lowest BCUT2D eigenvalue weighted by atomic mass is 10.3. The van der Waals surface area contributed by atoms with Crippen LogP contribution in [0.3, 0.4) is 0 Å². The molecule has 1 saturated carbocycles. The second-order valence-corrected chi connectivity index (χ2v) is 4.36. The van der Waals surface area contributed by atoms with Crippen LogP contribution in [0.4, 0.5) is 5.69 Å². The molecule has 1 aromatic rings. The Kier molecular flexibility index (Phi) is 2.23. The van der Waals surface area contributed by atoms with Gasteiger partial charge in [0.25, 0.3) is 0 Å². The fourth-order valence-electron chi connectivity index (χ4n) is 1.04. The molecule has 0 spiro atoms. The average Bonchev–Trinajstić information content (AvgIpc) is 2.89. The lowest BCUT2D eigenvalue weighted by molar-refractivity contribution is 1.32. The van der Waals surface area contributed by atoms with Crippen LogP contribution in [0.25, 0.3) is 0 Å². The highest BCUT2D eigenvalue weighted by molar-refractivity contribution is 8.00. The summed E-state index contributed by atoms with van der Waals surface area (Å²) in [6.45, 7) is 0. The molecule has 1 aromatic carbocycles. The summed E-state index contributed by atoms with van der Waals surface area (Å²) < 4.78 is 0. The summed E-state index contributed by atoms with van der Waals surface area (Å²) in [7, 11) is 0. The van der Waals surface area contributed by atoms with Crippen molar-refractivity contribution >= 4 is 17.4 Å². The fraction of sp³-hybridized carbons (Fsp3) is 0.333. The topological polar surface area (TPSA) is 38.0 Å². The largest absolute Gasteiger partial charge is 0.324 e. The number of rotatable bonds is 3. The molecule has 0 bridgehead atoms. The van der Waals surface area contributed by atoms with Crippen LogP contribution < -0.4 is 11.3 Å². The zero-order valence-corrected chi connectivity index (χ0v) is 7.60. The molecule has 0 atom stereocenters. The zero-order valence-electron chi connectivity index (χ0n) is 6.79. The van der Waals surface area contributed by atoms with Gasteiger partial charge in [-0.2, -0.15) is 0 Å². The van der Waals surface area contributed by atoms with Gasteiger partial charge in [0, 0.05) is 15.8 Å². The number of hydrogen-bond donors (Lipinski definition) is 2. The molecule has 12 heavy (non-hydrogen) atoms. The molecule has 2 nitrogen and oxygen atoms in total. The summed E-state index contributed by atoms with van der Waals surface area (Å²) in [5, 5.41) is 0.859. The number of anilines is 1. The van der Waals surface area contributed by atoms with Gasteiger partial charge < -0.3 is 5.43 Å². The Bertz CT molecular complexity index is 271. The molecule has 1 fully saturated rings. The van der Waals surface area contributed by atoms with Crippen molar-refractivity contribution in [1.82, 2.24) is 0 Å². The van der Waals surface area contributed by atoms with Gasteiger partial charge in [-0.15, -0.1) is 11.8 Å². The Labute approximate surface area is 76.5 Å². The minimum absolute atomic E-state index is 0.859. The normalized spacial score (nSPS) is 16.1. The summed E-state index contributed by atoms with van der Waals surface area (Å²) in [5.41, 5.74) is 3.63. The van der Waals surface area contributed by atoms with Gasteiger partial charge in [0.15, 0.2) is 0 Å². The van der Waals surface area contributed by atoms with E-state index < -0.39 is 0 Å². The average molecular weight is 180 g/mol. The molecule has 0 unspecified atom stereocenters. The SMILES string of the molecule is NNc1cccc(SC2CC2)c1. The van der Waals surface area contributed by atoms with Gasteiger partial charge in [-0.1, -0.05) is 6.07 Å². The smallest absolute Gasteiger partial charge is 0.0496 e. The van der Waals surface area contributed by atoms with Gasteiger partial charge in [-0.05, 0) is 31.0 Å². The number of nitrogens with one attached hydrogen (secondary N) is 1. The molecule has 0 aromatic heterocycles. The first-order valence-electron chi connectivity index (χ1n) is 4.12. The van der Waals surface area contributed by atoms with E-state index in [1.807, 2.05) is 23.9 Å². The maximum absolute atomic E-state index is 5.31. The lowest BCUT2D eigenvalue weighted by Gasteiger charge is -2.02. The molecule has 0 radical (unpaired) electrons. The molecule has 2 rings (SSSR count). The summed E-state index contributed by atoms with van der Waals surface area (Å²) in [4.78, 5) is 1.31. The van der Waals surface area contributed by atoms with E-state index >= 15 is 0 Å². The minimum atomic E-state index is 0.859. The zero-order chi connectivity index (χ0) is 8.39. The van der Waals surface area contributed by atoms with Crippen LogP contribution in [-0.4, -0.2) is 5.25 Å². The minimum Gasteiger partial charge on any atom is -0.324 e. The van der Waals surface area contributed by atoms with Crippen molar-refractivity contribution in [2.24, 2.45) is 5.84 Å². The number of nitrogens with two attached hydrogens (primary N) is 1. The highest BCUT2D eigenvalue weighted by Gasteiger charge is 2.22. The number of hydrazine groups is 1. The second-order valence-electron chi connectivity index (χ2n) is 2.99. The van der Waals surface area contributed by atoms with E-state index in [4.69, 9.17) is 5.84 Å². The van der Waals surface area contributed by atoms with Crippen LogP contribution in [0.2, 0.25) is 0 Å². The monoisotopic (exact) mass is 180 g/mol. The summed E-state index contributed by atoms with van der Waals surface area (Å²) >= 11 is 1.94. The number of benzene rings is 1. The highest BCUT2D eigenvalue weighted by atomic mass is 32.2. The third kappa shape index (κ3) is 1.93. The first-order valence-corrected chi connectivity index (χ1v) is 5.00. The van der Waals surface area contributed by atoms with E-state index in [9.17, 15) is 0 Å². The van der Waals surface area contributed by atoms with Crippen molar-refractivity contribution < 1.29 is 0 Å². The predicted octanol–water partition coefficient (Wildman–Crippen LogP) is 2.23. The molecule has 1 aliphatic carbocycles. The van der Waals surface area contributed by atoms with Crippen LogP contribution in [0.1, 0.15) is 12.8 Å². The molecule has 64 valence electrons. The Hall–Kier alpha value is -0.670. The van der Waals surface area contributed by atoms with E-state index in [1.165, 1.54) is 17.7 Å². The maximum atomic E-state index is 5.31. The van der Waals surface area contributed by atoms with Gasteiger partial charge >= 0.3 is 0 Å². The molecule has 3 heteroatoms. The van der Waals surface area contributed by atoms with Gasteiger partial charge in [-0.25, -0.2) is 0 Å². The molecule has 0 saturated heterocycles. The predicted molar refractivity (Wildman–Crippen MR) is 53.1 cm³/mol. The van der Waals surface area contributed by atoms with E-state index in [0.717, 1.165) is 10.9 Å². The van der Waals surface area contributed by atoms with Gasteiger partial charge in [0.05, 0.1) is 0 Å². The Balaban J connectivity index is 2.08. The summed E-state index contributed by atoms with van der Waals surface area (Å²) in [5.74, 6) is 5.31.